The molecule has 17 heavy (non-hydrogen) atoms. The van der Waals surface area contributed by atoms with Crippen molar-refractivity contribution in [3.8, 4) is 0 Å². The van der Waals surface area contributed by atoms with Crippen LogP contribution in [0.25, 0.3) is 0 Å². The average Bonchev–Trinajstić information content (AvgIpc) is 2.82. The number of nitrogen functional groups attached to an aromatic ring is 1. The van der Waals surface area contributed by atoms with E-state index in [0.717, 1.165) is 6.07 Å². The third-order valence-electron chi connectivity index (χ3n) is 2.14. The Morgan fingerprint density at radius 2 is 1.94 bits per heavy atom. The number of halogens is 3. The molecule has 0 aliphatic carbocycles. The van der Waals surface area contributed by atoms with E-state index in [9.17, 15) is 13.2 Å². The molecule has 0 saturated heterocycles. The molecule has 2 aromatic heterocycles. The van der Waals surface area contributed by atoms with Crippen LogP contribution in [-0.2, 0) is 19.3 Å². The number of hydrogen-bond donors (Lipinski definition) is 1. The lowest BCUT2D eigenvalue weighted by molar-refractivity contribution is -0.141. The van der Waals surface area contributed by atoms with Crippen LogP contribution in [-0.4, -0.2) is 19.6 Å². The summed E-state index contributed by atoms with van der Waals surface area (Å²) in [7, 11) is 0. The zero-order valence-corrected chi connectivity index (χ0v) is 8.72. The summed E-state index contributed by atoms with van der Waals surface area (Å²) in [5, 5.41) is 7.34. The molecule has 0 saturated carbocycles. The van der Waals surface area contributed by atoms with Crippen LogP contribution in [0.1, 0.15) is 5.69 Å². The number of nitrogens with zero attached hydrogens (tertiary/aromatic N) is 4. The van der Waals surface area contributed by atoms with Gasteiger partial charge in [-0.05, 0) is 6.07 Å². The highest BCUT2D eigenvalue weighted by Gasteiger charge is 2.33. The topological polar surface area (TPSA) is 61.7 Å². The number of aromatic nitrogens is 4. The molecule has 2 rings (SSSR count). The number of anilines is 1. The van der Waals surface area contributed by atoms with E-state index in [4.69, 9.17) is 5.73 Å². The van der Waals surface area contributed by atoms with Gasteiger partial charge in [-0.25, -0.2) is 0 Å². The highest BCUT2D eigenvalue weighted by atomic mass is 19.4. The SMILES string of the molecule is Nc1cnn(CCn2ccc(C(F)(F)F)n2)c1. The van der Waals surface area contributed by atoms with Crippen LogP contribution < -0.4 is 5.73 Å². The van der Waals surface area contributed by atoms with E-state index in [1.165, 1.54) is 17.1 Å². The van der Waals surface area contributed by atoms with Crippen LogP contribution in [0.3, 0.4) is 0 Å². The predicted molar refractivity (Wildman–Crippen MR) is 53.9 cm³/mol. The Morgan fingerprint density at radius 3 is 2.47 bits per heavy atom. The minimum absolute atomic E-state index is 0.303. The second kappa shape index (κ2) is 4.11. The molecule has 0 atom stereocenters. The summed E-state index contributed by atoms with van der Waals surface area (Å²) in [4.78, 5) is 0. The van der Waals surface area contributed by atoms with Crippen molar-refractivity contribution >= 4 is 5.69 Å². The van der Waals surface area contributed by atoms with E-state index in [0.29, 0.717) is 18.8 Å². The van der Waals surface area contributed by atoms with Gasteiger partial charge in [0.15, 0.2) is 5.69 Å². The first-order chi connectivity index (χ1) is 7.95. The van der Waals surface area contributed by atoms with Crippen molar-refractivity contribution in [1.82, 2.24) is 19.6 Å². The third kappa shape index (κ3) is 2.77. The van der Waals surface area contributed by atoms with Crippen molar-refractivity contribution in [3.63, 3.8) is 0 Å². The fourth-order valence-corrected chi connectivity index (χ4v) is 1.34. The van der Waals surface area contributed by atoms with Gasteiger partial charge in [-0.15, -0.1) is 0 Å². The normalized spacial score (nSPS) is 11.9. The largest absolute Gasteiger partial charge is 0.435 e. The van der Waals surface area contributed by atoms with Gasteiger partial charge in [-0.1, -0.05) is 0 Å². The zero-order chi connectivity index (χ0) is 12.5. The van der Waals surface area contributed by atoms with Crippen molar-refractivity contribution in [1.29, 1.82) is 0 Å². The molecule has 0 aliphatic heterocycles. The van der Waals surface area contributed by atoms with Crippen molar-refractivity contribution in [2.24, 2.45) is 0 Å². The maximum absolute atomic E-state index is 12.3. The number of nitrogens with two attached hydrogens (primary N) is 1. The van der Waals surface area contributed by atoms with E-state index in [-0.39, 0.29) is 0 Å². The van der Waals surface area contributed by atoms with Crippen molar-refractivity contribution < 1.29 is 13.2 Å². The molecule has 2 heterocycles. The van der Waals surface area contributed by atoms with Crippen LogP contribution in [0.5, 0.6) is 0 Å². The molecule has 2 aromatic rings. The highest BCUT2D eigenvalue weighted by Crippen LogP contribution is 2.27. The molecule has 2 N–H and O–H groups in total. The molecule has 0 fully saturated rings. The molecule has 0 aliphatic rings. The van der Waals surface area contributed by atoms with Gasteiger partial charge in [0.1, 0.15) is 0 Å². The Balaban J connectivity index is 1.98. The number of aryl methyl sites for hydroxylation is 2. The Kier molecular flexibility index (Phi) is 2.78. The van der Waals surface area contributed by atoms with E-state index < -0.39 is 11.9 Å². The second-order valence-electron chi connectivity index (χ2n) is 3.50. The third-order valence-corrected chi connectivity index (χ3v) is 2.14. The van der Waals surface area contributed by atoms with E-state index in [1.54, 1.807) is 10.9 Å². The smallest absolute Gasteiger partial charge is 0.396 e. The minimum atomic E-state index is -4.40. The molecule has 5 nitrogen and oxygen atoms in total. The molecule has 0 radical (unpaired) electrons. The quantitative estimate of drug-likeness (QED) is 0.888. The van der Waals surface area contributed by atoms with Gasteiger partial charge in [0, 0.05) is 12.4 Å². The van der Waals surface area contributed by atoms with Crippen LogP contribution in [0.15, 0.2) is 24.7 Å². The van der Waals surface area contributed by atoms with E-state index in [2.05, 4.69) is 10.2 Å². The molecule has 0 bridgehead atoms. The standard InChI is InChI=1S/C9H10F3N5/c10-9(11,12)8-1-2-16(15-8)3-4-17-6-7(13)5-14-17/h1-2,5-6H,3-4,13H2. The Hall–Kier alpha value is -1.99. The minimum Gasteiger partial charge on any atom is -0.396 e. The summed E-state index contributed by atoms with van der Waals surface area (Å²) in [6.45, 7) is 0.716. The molecular weight excluding hydrogens is 235 g/mol. The van der Waals surface area contributed by atoms with Gasteiger partial charge in [0.05, 0.1) is 25.0 Å². The van der Waals surface area contributed by atoms with Gasteiger partial charge < -0.3 is 5.73 Å². The average molecular weight is 245 g/mol. The molecule has 0 amide bonds. The lowest BCUT2D eigenvalue weighted by atomic mass is 10.4. The fourth-order valence-electron chi connectivity index (χ4n) is 1.34. The molecule has 0 spiro atoms. The first-order valence-corrected chi connectivity index (χ1v) is 4.84. The summed E-state index contributed by atoms with van der Waals surface area (Å²) in [6, 6.07) is 0.942. The first-order valence-electron chi connectivity index (χ1n) is 4.84. The molecular formula is C9H10F3N5. The van der Waals surface area contributed by atoms with E-state index in [1.807, 2.05) is 0 Å². The highest BCUT2D eigenvalue weighted by molar-refractivity contribution is 5.30. The molecule has 0 aromatic carbocycles. The lowest BCUT2D eigenvalue weighted by Gasteiger charge is -2.03. The van der Waals surface area contributed by atoms with Crippen LogP contribution in [0.4, 0.5) is 18.9 Å². The van der Waals surface area contributed by atoms with Crippen molar-refractivity contribution in [2.75, 3.05) is 5.73 Å². The number of hydrogen-bond acceptors (Lipinski definition) is 3. The second-order valence-corrected chi connectivity index (χ2v) is 3.50. The summed E-state index contributed by atoms with van der Waals surface area (Å²) in [5.41, 5.74) is 5.08. The predicted octanol–water partition coefficient (Wildman–Crippen LogP) is 1.38. The first kappa shape index (κ1) is 11.5. The molecule has 92 valence electrons. The maximum atomic E-state index is 12.3. The summed E-state index contributed by atoms with van der Waals surface area (Å²) < 4.78 is 39.5. The number of alkyl halides is 3. The van der Waals surface area contributed by atoms with Gasteiger partial charge >= 0.3 is 6.18 Å². The monoisotopic (exact) mass is 245 g/mol. The van der Waals surface area contributed by atoms with Crippen LogP contribution >= 0.6 is 0 Å². The van der Waals surface area contributed by atoms with E-state index >= 15 is 0 Å². The van der Waals surface area contributed by atoms with Crippen molar-refractivity contribution in [2.45, 2.75) is 19.3 Å². The molecule has 8 heteroatoms. The van der Waals surface area contributed by atoms with Gasteiger partial charge in [0.2, 0.25) is 0 Å². The summed E-state index contributed by atoms with van der Waals surface area (Å²) in [6.07, 6.45) is -0.0323. The van der Waals surface area contributed by atoms with Crippen molar-refractivity contribution in [3.05, 3.63) is 30.4 Å². The van der Waals surface area contributed by atoms with Gasteiger partial charge in [-0.3, -0.25) is 9.36 Å². The molecule has 0 unspecified atom stereocenters. The zero-order valence-electron chi connectivity index (χ0n) is 8.72. The Bertz CT molecular complexity index is 499. The lowest BCUT2D eigenvalue weighted by Crippen LogP contribution is -2.11. The maximum Gasteiger partial charge on any atom is 0.435 e. The number of rotatable bonds is 3. The summed E-state index contributed by atoms with van der Waals surface area (Å²) in [5.74, 6) is 0. The Labute approximate surface area is 94.6 Å². The van der Waals surface area contributed by atoms with Gasteiger partial charge in [0.25, 0.3) is 0 Å². The fraction of sp³-hybridized carbons (Fsp3) is 0.333. The van der Waals surface area contributed by atoms with Crippen LogP contribution in [0, 0.1) is 0 Å². The van der Waals surface area contributed by atoms with Gasteiger partial charge in [-0.2, -0.15) is 23.4 Å². The van der Waals surface area contributed by atoms with Crippen LogP contribution in [0.2, 0.25) is 0 Å². The Morgan fingerprint density at radius 1 is 1.24 bits per heavy atom. The summed E-state index contributed by atoms with van der Waals surface area (Å²) >= 11 is 0.